The molecule has 0 amide bonds. The third kappa shape index (κ3) is 4.67. The highest BCUT2D eigenvalue weighted by Gasteiger charge is 2.16. The van der Waals surface area contributed by atoms with Crippen molar-refractivity contribution in [3.05, 3.63) is 90.6 Å². The number of nitrogens with zero attached hydrogens (tertiary/aromatic N) is 4. The van der Waals surface area contributed by atoms with Gasteiger partial charge in [0.1, 0.15) is 11.5 Å². The van der Waals surface area contributed by atoms with E-state index in [-0.39, 0.29) is 0 Å². The van der Waals surface area contributed by atoms with Gasteiger partial charge in [-0.05, 0) is 24.3 Å². The molecule has 170 valence electrons. The molecule has 0 saturated heterocycles. The highest BCUT2D eigenvalue weighted by molar-refractivity contribution is 7.98. The number of hydrogen-bond donors (Lipinski definition) is 0. The molecule has 0 fully saturated rings. The van der Waals surface area contributed by atoms with Gasteiger partial charge in [0.05, 0.1) is 25.6 Å². The van der Waals surface area contributed by atoms with E-state index in [2.05, 4.69) is 28.5 Å². The molecule has 0 bridgehead atoms. The summed E-state index contributed by atoms with van der Waals surface area (Å²) in [5.74, 6) is 2.34. The van der Waals surface area contributed by atoms with Crippen LogP contribution in [0.1, 0.15) is 5.56 Å². The Hall–Kier alpha value is -4.04. The Balaban J connectivity index is 1.41. The van der Waals surface area contributed by atoms with Crippen LogP contribution in [-0.2, 0) is 5.75 Å². The van der Waals surface area contributed by atoms with E-state index in [4.69, 9.17) is 19.0 Å². The molecular formula is C26H22N4O3S. The quantitative estimate of drug-likeness (QED) is 0.261. The lowest BCUT2D eigenvalue weighted by atomic mass is 10.1. The summed E-state index contributed by atoms with van der Waals surface area (Å²) in [4.78, 5) is 0. The molecule has 0 aliphatic rings. The zero-order valence-electron chi connectivity index (χ0n) is 18.7. The summed E-state index contributed by atoms with van der Waals surface area (Å²) < 4.78 is 18.5. The van der Waals surface area contributed by atoms with Crippen molar-refractivity contribution in [2.45, 2.75) is 11.0 Å². The predicted molar refractivity (Wildman–Crippen MR) is 131 cm³/mol. The van der Waals surface area contributed by atoms with Gasteiger partial charge in [0.25, 0.3) is 5.22 Å². The molecule has 0 unspecified atom stereocenters. The molecule has 7 nitrogen and oxygen atoms in total. The molecular weight excluding hydrogens is 448 g/mol. The second-order valence-electron chi connectivity index (χ2n) is 7.41. The fourth-order valence-electron chi connectivity index (χ4n) is 3.52. The van der Waals surface area contributed by atoms with Crippen LogP contribution in [0.3, 0.4) is 0 Å². The van der Waals surface area contributed by atoms with Gasteiger partial charge in [-0.25, -0.2) is 4.68 Å². The maximum atomic E-state index is 5.93. The number of methoxy groups -OCH3 is 2. The van der Waals surface area contributed by atoms with Gasteiger partial charge < -0.3 is 13.9 Å². The molecule has 0 atom stereocenters. The number of hydrogen-bond acceptors (Lipinski definition) is 7. The van der Waals surface area contributed by atoms with E-state index in [1.807, 2.05) is 65.3 Å². The number of aromatic nitrogens is 4. The Morgan fingerprint density at radius 2 is 1.50 bits per heavy atom. The summed E-state index contributed by atoms with van der Waals surface area (Å²) in [6, 6.07) is 25.7. The van der Waals surface area contributed by atoms with Gasteiger partial charge in [0.15, 0.2) is 0 Å². The minimum absolute atomic E-state index is 0.406. The van der Waals surface area contributed by atoms with E-state index in [1.54, 1.807) is 20.3 Å². The molecule has 0 aliphatic carbocycles. The predicted octanol–water partition coefficient (Wildman–Crippen LogP) is 5.90. The SMILES string of the molecule is COc1cc(OC)cc(-c2nnc(SCc3cn(-c4ccccc4)nc3-c3ccccc3)o2)c1. The topological polar surface area (TPSA) is 75.2 Å². The zero-order chi connectivity index (χ0) is 23.3. The van der Waals surface area contributed by atoms with Crippen LogP contribution < -0.4 is 9.47 Å². The summed E-state index contributed by atoms with van der Waals surface area (Å²) in [7, 11) is 3.21. The second kappa shape index (κ2) is 9.84. The molecule has 8 heteroatoms. The molecule has 2 aromatic heterocycles. The van der Waals surface area contributed by atoms with Gasteiger partial charge in [0, 0.05) is 34.7 Å². The fourth-order valence-corrected chi connectivity index (χ4v) is 4.25. The number of thioether (sulfide) groups is 1. The molecule has 5 rings (SSSR count). The first-order valence-electron chi connectivity index (χ1n) is 10.6. The lowest BCUT2D eigenvalue weighted by Gasteiger charge is -2.05. The normalized spacial score (nSPS) is 10.9. The Morgan fingerprint density at radius 3 is 2.18 bits per heavy atom. The van der Waals surface area contributed by atoms with Crippen molar-refractivity contribution in [3.8, 4) is 39.9 Å². The van der Waals surface area contributed by atoms with Crippen molar-refractivity contribution < 1.29 is 13.9 Å². The summed E-state index contributed by atoms with van der Waals surface area (Å²) in [5, 5.41) is 13.8. The van der Waals surface area contributed by atoms with E-state index < -0.39 is 0 Å². The Morgan fingerprint density at radius 1 is 0.824 bits per heavy atom. The van der Waals surface area contributed by atoms with Gasteiger partial charge in [0.2, 0.25) is 5.89 Å². The maximum absolute atomic E-state index is 5.93. The Kier molecular flexibility index (Phi) is 6.31. The first kappa shape index (κ1) is 21.8. The minimum atomic E-state index is 0.406. The first-order chi connectivity index (χ1) is 16.7. The van der Waals surface area contributed by atoms with Crippen molar-refractivity contribution in [3.63, 3.8) is 0 Å². The van der Waals surface area contributed by atoms with Crippen LogP contribution in [0.15, 0.2) is 94.7 Å². The summed E-state index contributed by atoms with van der Waals surface area (Å²) in [5.41, 5.74) is 4.79. The van der Waals surface area contributed by atoms with Gasteiger partial charge in [-0.1, -0.05) is 60.3 Å². The van der Waals surface area contributed by atoms with Crippen LogP contribution in [0.2, 0.25) is 0 Å². The number of rotatable bonds is 8. The number of benzene rings is 3. The van der Waals surface area contributed by atoms with Gasteiger partial charge in [-0.3, -0.25) is 0 Å². The van der Waals surface area contributed by atoms with Crippen LogP contribution in [0.4, 0.5) is 0 Å². The summed E-state index contributed by atoms with van der Waals surface area (Å²) in [6.45, 7) is 0. The van der Waals surface area contributed by atoms with Crippen LogP contribution in [0, 0.1) is 0 Å². The van der Waals surface area contributed by atoms with Crippen molar-refractivity contribution in [1.29, 1.82) is 0 Å². The lowest BCUT2D eigenvalue weighted by molar-refractivity contribution is 0.394. The van der Waals surface area contributed by atoms with Crippen LogP contribution in [0.5, 0.6) is 11.5 Å². The van der Waals surface area contributed by atoms with Crippen molar-refractivity contribution in [1.82, 2.24) is 20.0 Å². The number of para-hydroxylation sites is 1. The third-order valence-electron chi connectivity index (χ3n) is 5.21. The second-order valence-corrected chi connectivity index (χ2v) is 8.34. The standard InChI is InChI=1S/C26H22N4O3S/c1-31-22-13-19(14-23(15-22)32-2)25-27-28-26(33-25)34-17-20-16-30(21-11-7-4-8-12-21)29-24(20)18-9-5-3-6-10-18/h3-16H,17H2,1-2H3. The lowest BCUT2D eigenvalue weighted by Crippen LogP contribution is -1.93. The van der Waals surface area contributed by atoms with Gasteiger partial charge in [-0.15, -0.1) is 10.2 Å². The fraction of sp³-hybridized carbons (Fsp3) is 0.115. The van der Waals surface area contributed by atoms with E-state index in [1.165, 1.54) is 11.8 Å². The number of ether oxygens (including phenoxy) is 2. The highest BCUT2D eigenvalue weighted by Crippen LogP contribution is 2.33. The van der Waals surface area contributed by atoms with E-state index in [0.717, 1.165) is 28.1 Å². The first-order valence-corrected chi connectivity index (χ1v) is 11.6. The van der Waals surface area contributed by atoms with Gasteiger partial charge >= 0.3 is 0 Å². The van der Waals surface area contributed by atoms with E-state index in [0.29, 0.717) is 28.4 Å². The van der Waals surface area contributed by atoms with Crippen molar-refractivity contribution in [2.24, 2.45) is 0 Å². The maximum Gasteiger partial charge on any atom is 0.277 e. The average Bonchev–Trinajstić information content (AvgIpc) is 3.56. The molecule has 0 saturated carbocycles. The van der Waals surface area contributed by atoms with E-state index >= 15 is 0 Å². The molecule has 0 N–H and O–H groups in total. The molecule has 5 aromatic rings. The smallest absolute Gasteiger partial charge is 0.277 e. The summed E-state index contributed by atoms with van der Waals surface area (Å²) >= 11 is 1.47. The van der Waals surface area contributed by atoms with Crippen molar-refractivity contribution >= 4 is 11.8 Å². The minimum Gasteiger partial charge on any atom is -0.497 e. The molecule has 0 aliphatic heterocycles. The zero-order valence-corrected chi connectivity index (χ0v) is 19.5. The average molecular weight is 471 g/mol. The molecule has 34 heavy (non-hydrogen) atoms. The Bertz CT molecular complexity index is 1360. The highest BCUT2D eigenvalue weighted by atomic mass is 32.2. The van der Waals surface area contributed by atoms with Gasteiger partial charge in [-0.2, -0.15) is 5.10 Å². The third-order valence-corrected chi connectivity index (χ3v) is 6.08. The van der Waals surface area contributed by atoms with Crippen LogP contribution in [0.25, 0.3) is 28.4 Å². The largest absolute Gasteiger partial charge is 0.497 e. The molecule has 2 heterocycles. The van der Waals surface area contributed by atoms with Crippen LogP contribution in [-0.4, -0.2) is 34.2 Å². The van der Waals surface area contributed by atoms with Crippen LogP contribution >= 0.6 is 11.8 Å². The van der Waals surface area contributed by atoms with E-state index in [9.17, 15) is 0 Å². The molecule has 0 spiro atoms. The summed E-state index contributed by atoms with van der Waals surface area (Å²) in [6.07, 6.45) is 2.05. The Labute approximate surface area is 201 Å². The monoisotopic (exact) mass is 470 g/mol. The van der Waals surface area contributed by atoms with Crippen molar-refractivity contribution in [2.75, 3.05) is 14.2 Å². The molecule has 3 aromatic carbocycles. The molecule has 0 radical (unpaired) electrons.